The molecule has 132 valence electrons. The van der Waals surface area contributed by atoms with Crippen LogP contribution < -0.4 is 10.6 Å². The Kier molecular flexibility index (Phi) is 6.12. The van der Waals surface area contributed by atoms with Gasteiger partial charge in [-0.25, -0.2) is 4.79 Å². The summed E-state index contributed by atoms with van der Waals surface area (Å²) in [6.07, 6.45) is 7.42. The Morgan fingerprint density at radius 1 is 1.21 bits per heavy atom. The molecule has 1 aliphatic carbocycles. The monoisotopic (exact) mass is 349 g/mol. The Hall–Kier alpha value is -1.56. The van der Waals surface area contributed by atoms with Gasteiger partial charge in [-0.05, 0) is 37.1 Å². The predicted molar refractivity (Wildman–Crippen MR) is 96.1 cm³/mol. The number of nitrogens with one attached hydrogen (secondary N) is 2. The standard InChI is InChI=1S/C18H27N3O2S/c22-17(14-5-2-1-3-6-14)21-11-9-15(13-21)20-18(23)19-10-8-16-7-4-12-24-16/h4,7,12,14-15H,1-3,5-6,8-11,13H2,(H2,19,20,23)/t15-/m0/s1. The maximum atomic E-state index is 12.5. The van der Waals surface area contributed by atoms with Crippen molar-refractivity contribution in [2.45, 2.75) is 51.0 Å². The summed E-state index contributed by atoms with van der Waals surface area (Å²) in [5.74, 6) is 0.522. The van der Waals surface area contributed by atoms with E-state index in [2.05, 4.69) is 16.7 Å². The summed E-state index contributed by atoms with van der Waals surface area (Å²) in [5, 5.41) is 7.96. The minimum atomic E-state index is -0.122. The molecule has 0 unspecified atom stereocenters. The van der Waals surface area contributed by atoms with Crippen molar-refractivity contribution in [3.63, 3.8) is 0 Å². The highest BCUT2D eigenvalue weighted by molar-refractivity contribution is 7.09. The van der Waals surface area contributed by atoms with Crippen LogP contribution in [0.25, 0.3) is 0 Å². The number of hydrogen-bond donors (Lipinski definition) is 2. The van der Waals surface area contributed by atoms with E-state index in [1.54, 1.807) is 11.3 Å². The van der Waals surface area contributed by atoms with E-state index in [4.69, 9.17) is 0 Å². The number of likely N-dealkylation sites (tertiary alicyclic amines) is 1. The highest BCUT2D eigenvalue weighted by Gasteiger charge is 2.31. The van der Waals surface area contributed by atoms with Gasteiger partial charge in [0, 0.05) is 36.5 Å². The second kappa shape index (κ2) is 8.51. The molecule has 1 atom stereocenters. The minimum Gasteiger partial charge on any atom is -0.340 e. The smallest absolute Gasteiger partial charge is 0.315 e. The summed E-state index contributed by atoms with van der Waals surface area (Å²) in [6.45, 7) is 2.08. The van der Waals surface area contributed by atoms with Gasteiger partial charge < -0.3 is 15.5 Å². The Labute approximate surface area is 147 Å². The van der Waals surface area contributed by atoms with Gasteiger partial charge in [0.05, 0.1) is 0 Å². The Morgan fingerprint density at radius 3 is 2.79 bits per heavy atom. The fourth-order valence-electron chi connectivity index (χ4n) is 3.68. The SMILES string of the molecule is O=C(NCCc1cccs1)N[C@H]1CCN(C(=O)C2CCCCC2)C1. The van der Waals surface area contributed by atoms with Gasteiger partial charge in [-0.2, -0.15) is 0 Å². The summed E-state index contributed by atoms with van der Waals surface area (Å²) in [7, 11) is 0. The quantitative estimate of drug-likeness (QED) is 0.859. The van der Waals surface area contributed by atoms with E-state index in [0.717, 1.165) is 32.2 Å². The van der Waals surface area contributed by atoms with Crippen molar-refractivity contribution in [3.8, 4) is 0 Å². The first-order valence-electron chi connectivity index (χ1n) is 9.08. The number of amides is 3. The van der Waals surface area contributed by atoms with Crippen LogP contribution in [0.15, 0.2) is 17.5 Å². The second-order valence-electron chi connectivity index (χ2n) is 6.83. The number of urea groups is 1. The van der Waals surface area contributed by atoms with Crippen molar-refractivity contribution >= 4 is 23.3 Å². The van der Waals surface area contributed by atoms with Gasteiger partial charge in [0.1, 0.15) is 0 Å². The number of carbonyl (C=O) groups excluding carboxylic acids is 2. The molecule has 0 bridgehead atoms. The van der Waals surface area contributed by atoms with Crippen LogP contribution in [0.4, 0.5) is 4.79 Å². The molecular weight excluding hydrogens is 322 g/mol. The third-order valence-electron chi connectivity index (χ3n) is 5.03. The van der Waals surface area contributed by atoms with Crippen LogP contribution in [0.5, 0.6) is 0 Å². The predicted octanol–water partition coefficient (Wildman–Crippen LogP) is 2.77. The molecule has 1 aliphatic heterocycles. The lowest BCUT2D eigenvalue weighted by Gasteiger charge is -2.26. The number of rotatable bonds is 5. The van der Waals surface area contributed by atoms with E-state index < -0.39 is 0 Å². The average molecular weight is 350 g/mol. The maximum Gasteiger partial charge on any atom is 0.315 e. The number of hydrogen-bond acceptors (Lipinski definition) is 3. The summed E-state index contributed by atoms with van der Waals surface area (Å²) < 4.78 is 0. The van der Waals surface area contributed by atoms with Crippen LogP contribution in [0, 0.1) is 5.92 Å². The zero-order chi connectivity index (χ0) is 16.8. The van der Waals surface area contributed by atoms with Gasteiger partial charge in [0.15, 0.2) is 0 Å². The molecule has 1 saturated carbocycles. The largest absolute Gasteiger partial charge is 0.340 e. The van der Waals surface area contributed by atoms with Crippen LogP contribution >= 0.6 is 11.3 Å². The molecule has 6 heteroatoms. The lowest BCUT2D eigenvalue weighted by atomic mass is 9.88. The fourth-order valence-corrected chi connectivity index (χ4v) is 4.39. The van der Waals surface area contributed by atoms with Crippen molar-refractivity contribution in [1.29, 1.82) is 0 Å². The molecule has 1 aromatic heterocycles. The molecule has 5 nitrogen and oxygen atoms in total. The summed E-state index contributed by atoms with van der Waals surface area (Å²) in [6, 6.07) is 4.06. The molecule has 0 aromatic carbocycles. The van der Waals surface area contributed by atoms with Crippen LogP contribution in [-0.4, -0.2) is 42.5 Å². The molecule has 2 heterocycles. The number of nitrogens with zero attached hydrogens (tertiary/aromatic N) is 1. The van der Waals surface area contributed by atoms with Crippen molar-refractivity contribution in [3.05, 3.63) is 22.4 Å². The first-order chi connectivity index (χ1) is 11.7. The molecule has 2 aliphatic rings. The molecule has 2 fully saturated rings. The van der Waals surface area contributed by atoms with E-state index in [-0.39, 0.29) is 18.0 Å². The highest BCUT2D eigenvalue weighted by atomic mass is 32.1. The highest BCUT2D eigenvalue weighted by Crippen LogP contribution is 2.26. The summed E-state index contributed by atoms with van der Waals surface area (Å²) in [5.41, 5.74) is 0. The Bertz CT molecular complexity index is 540. The van der Waals surface area contributed by atoms with Gasteiger partial charge in [-0.1, -0.05) is 25.3 Å². The van der Waals surface area contributed by atoms with E-state index in [9.17, 15) is 9.59 Å². The van der Waals surface area contributed by atoms with Gasteiger partial charge in [0.25, 0.3) is 0 Å². The third kappa shape index (κ3) is 4.72. The van der Waals surface area contributed by atoms with Crippen molar-refractivity contribution in [2.24, 2.45) is 5.92 Å². The first kappa shape index (κ1) is 17.3. The molecular formula is C18H27N3O2S. The molecule has 1 saturated heterocycles. The number of thiophene rings is 1. The van der Waals surface area contributed by atoms with Crippen LogP contribution in [0.1, 0.15) is 43.4 Å². The number of carbonyl (C=O) groups is 2. The molecule has 3 amide bonds. The van der Waals surface area contributed by atoms with E-state index in [0.29, 0.717) is 19.0 Å². The molecule has 3 rings (SSSR count). The van der Waals surface area contributed by atoms with Gasteiger partial charge in [-0.3, -0.25) is 4.79 Å². The van der Waals surface area contributed by atoms with E-state index in [1.165, 1.54) is 24.1 Å². The van der Waals surface area contributed by atoms with Crippen molar-refractivity contribution < 1.29 is 9.59 Å². The zero-order valence-electron chi connectivity index (χ0n) is 14.1. The minimum absolute atomic E-state index is 0.0827. The zero-order valence-corrected chi connectivity index (χ0v) is 14.9. The lowest BCUT2D eigenvalue weighted by Crippen LogP contribution is -2.45. The second-order valence-corrected chi connectivity index (χ2v) is 7.87. The van der Waals surface area contributed by atoms with E-state index in [1.807, 2.05) is 16.3 Å². The third-order valence-corrected chi connectivity index (χ3v) is 5.96. The lowest BCUT2D eigenvalue weighted by molar-refractivity contribution is -0.135. The molecule has 1 aromatic rings. The fraction of sp³-hybridized carbons (Fsp3) is 0.667. The summed E-state index contributed by atoms with van der Waals surface area (Å²) in [4.78, 5) is 27.7. The summed E-state index contributed by atoms with van der Waals surface area (Å²) >= 11 is 1.71. The van der Waals surface area contributed by atoms with Gasteiger partial charge >= 0.3 is 6.03 Å². The van der Waals surface area contributed by atoms with Crippen molar-refractivity contribution in [1.82, 2.24) is 15.5 Å². The molecule has 0 radical (unpaired) electrons. The Balaban J connectivity index is 1.36. The molecule has 0 spiro atoms. The maximum absolute atomic E-state index is 12.5. The topological polar surface area (TPSA) is 61.4 Å². The van der Waals surface area contributed by atoms with Crippen LogP contribution in [-0.2, 0) is 11.2 Å². The molecule has 24 heavy (non-hydrogen) atoms. The first-order valence-corrected chi connectivity index (χ1v) is 9.96. The van der Waals surface area contributed by atoms with Gasteiger partial charge in [0.2, 0.25) is 5.91 Å². The van der Waals surface area contributed by atoms with Crippen LogP contribution in [0.3, 0.4) is 0 Å². The van der Waals surface area contributed by atoms with E-state index >= 15 is 0 Å². The normalized spacial score (nSPS) is 21.7. The van der Waals surface area contributed by atoms with Crippen molar-refractivity contribution in [2.75, 3.05) is 19.6 Å². The Morgan fingerprint density at radius 2 is 2.04 bits per heavy atom. The van der Waals surface area contributed by atoms with Crippen LogP contribution in [0.2, 0.25) is 0 Å². The van der Waals surface area contributed by atoms with Gasteiger partial charge in [-0.15, -0.1) is 11.3 Å². The average Bonchev–Trinajstić information content (AvgIpc) is 3.27. The molecule has 2 N–H and O–H groups in total.